The summed E-state index contributed by atoms with van der Waals surface area (Å²) >= 11 is 0. The van der Waals surface area contributed by atoms with Gasteiger partial charge in [-0.3, -0.25) is 4.68 Å². The van der Waals surface area contributed by atoms with Crippen molar-refractivity contribution in [3.05, 3.63) is 53.1 Å². The lowest BCUT2D eigenvalue weighted by Gasteiger charge is -2.19. The second-order valence-corrected chi connectivity index (χ2v) is 5.10. The van der Waals surface area contributed by atoms with Crippen LogP contribution in [0.5, 0.6) is 0 Å². The van der Waals surface area contributed by atoms with Crippen LogP contribution in [-0.4, -0.2) is 16.3 Å². The van der Waals surface area contributed by atoms with E-state index in [0.29, 0.717) is 5.56 Å². The molecule has 108 valence electrons. The predicted molar refractivity (Wildman–Crippen MR) is 79.1 cm³/mol. The summed E-state index contributed by atoms with van der Waals surface area (Å²) in [5.41, 5.74) is 3.06. The van der Waals surface area contributed by atoms with Gasteiger partial charge in [0.25, 0.3) is 0 Å². The fourth-order valence-corrected chi connectivity index (χ4v) is 2.46. The number of nitrogens with zero attached hydrogens (tertiary/aromatic N) is 2. The lowest BCUT2D eigenvalue weighted by Crippen LogP contribution is -2.22. The van der Waals surface area contributed by atoms with Crippen molar-refractivity contribution >= 4 is 0 Å². The average molecular weight is 275 g/mol. The SMILES string of the molecule is CCNC(CCc1ccnn1C)c1ccc(F)c(C)c1. The Hall–Kier alpha value is -1.68. The monoisotopic (exact) mass is 275 g/mol. The smallest absolute Gasteiger partial charge is 0.126 e. The van der Waals surface area contributed by atoms with Crippen molar-refractivity contribution in [2.24, 2.45) is 7.05 Å². The lowest BCUT2D eigenvalue weighted by atomic mass is 9.99. The minimum Gasteiger partial charge on any atom is -0.310 e. The zero-order chi connectivity index (χ0) is 14.5. The van der Waals surface area contributed by atoms with Gasteiger partial charge >= 0.3 is 0 Å². The van der Waals surface area contributed by atoms with Crippen LogP contribution in [0.3, 0.4) is 0 Å². The van der Waals surface area contributed by atoms with Gasteiger partial charge in [0.1, 0.15) is 5.82 Å². The largest absolute Gasteiger partial charge is 0.310 e. The summed E-state index contributed by atoms with van der Waals surface area (Å²) < 4.78 is 15.3. The molecule has 0 aliphatic heterocycles. The van der Waals surface area contributed by atoms with Crippen molar-refractivity contribution in [2.45, 2.75) is 32.7 Å². The summed E-state index contributed by atoms with van der Waals surface area (Å²) in [6.07, 6.45) is 3.74. The standard InChI is InChI=1S/C16H22FN3/c1-4-18-16(8-6-14-9-10-19-20(14)3)13-5-7-15(17)12(2)11-13/h5,7,9-11,16,18H,4,6,8H2,1-3H3. The molecule has 1 aromatic heterocycles. The quantitative estimate of drug-likeness (QED) is 0.877. The Morgan fingerprint density at radius 3 is 2.75 bits per heavy atom. The van der Waals surface area contributed by atoms with Gasteiger partial charge in [-0.2, -0.15) is 5.10 Å². The molecule has 1 aromatic carbocycles. The van der Waals surface area contributed by atoms with E-state index in [9.17, 15) is 4.39 Å². The molecule has 0 bridgehead atoms. The molecule has 0 radical (unpaired) electrons. The summed E-state index contributed by atoms with van der Waals surface area (Å²) in [5.74, 6) is -0.143. The van der Waals surface area contributed by atoms with Crippen LogP contribution in [0.25, 0.3) is 0 Å². The van der Waals surface area contributed by atoms with Crippen molar-refractivity contribution in [1.82, 2.24) is 15.1 Å². The first-order chi connectivity index (χ1) is 9.61. The van der Waals surface area contributed by atoms with E-state index in [2.05, 4.69) is 17.3 Å². The summed E-state index contributed by atoms with van der Waals surface area (Å²) in [6.45, 7) is 4.79. The molecule has 0 fully saturated rings. The van der Waals surface area contributed by atoms with E-state index < -0.39 is 0 Å². The molecule has 2 aromatic rings. The number of hydrogen-bond donors (Lipinski definition) is 1. The Kier molecular flexibility index (Phi) is 4.90. The Morgan fingerprint density at radius 2 is 2.15 bits per heavy atom. The van der Waals surface area contributed by atoms with E-state index in [4.69, 9.17) is 0 Å². The molecule has 0 spiro atoms. The highest BCUT2D eigenvalue weighted by Gasteiger charge is 2.12. The first-order valence-electron chi connectivity index (χ1n) is 7.08. The van der Waals surface area contributed by atoms with E-state index >= 15 is 0 Å². The number of nitrogens with one attached hydrogen (secondary N) is 1. The highest BCUT2D eigenvalue weighted by molar-refractivity contribution is 5.26. The number of rotatable bonds is 6. The van der Waals surface area contributed by atoms with Crippen molar-refractivity contribution in [1.29, 1.82) is 0 Å². The second kappa shape index (κ2) is 6.66. The van der Waals surface area contributed by atoms with Gasteiger partial charge in [0.2, 0.25) is 0 Å². The third kappa shape index (κ3) is 3.45. The van der Waals surface area contributed by atoms with Crippen molar-refractivity contribution in [2.75, 3.05) is 6.54 Å². The Balaban J connectivity index is 2.10. The third-order valence-corrected chi connectivity index (χ3v) is 3.65. The molecule has 3 nitrogen and oxygen atoms in total. The number of halogens is 1. The van der Waals surface area contributed by atoms with Gasteiger partial charge in [-0.1, -0.05) is 19.1 Å². The predicted octanol–water partition coefficient (Wildman–Crippen LogP) is 3.15. The van der Waals surface area contributed by atoms with Crippen LogP contribution in [-0.2, 0) is 13.5 Å². The van der Waals surface area contributed by atoms with Crippen LogP contribution in [0.1, 0.15) is 36.2 Å². The van der Waals surface area contributed by atoms with Gasteiger partial charge in [0.15, 0.2) is 0 Å². The number of aromatic nitrogens is 2. The first-order valence-corrected chi connectivity index (χ1v) is 7.08. The topological polar surface area (TPSA) is 29.9 Å². The van der Waals surface area contributed by atoms with Crippen LogP contribution in [0, 0.1) is 12.7 Å². The van der Waals surface area contributed by atoms with Crippen LogP contribution in [0.4, 0.5) is 4.39 Å². The molecule has 2 rings (SSSR count). The van der Waals surface area contributed by atoms with Crippen LogP contribution in [0.2, 0.25) is 0 Å². The molecule has 0 saturated carbocycles. The van der Waals surface area contributed by atoms with Gasteiger partial charge in [-0.15, -0.1) is 0 Å². The Bertz CT molecular complexity index is 563. The fraction of sp³-hybridized carbons (Fsp3) is 0.438. The molecule has 4 heteroatoms. The maximum Gasteiger partial charge on any atom is 0.126 e. The maximum atomic E-state index is 13.4. The Labute approximate surface area is 119 Å². The third-order valence-electron chi connectivity index (χ3n) is 3.65. The van der Waals surface area contributed by atoms with E-state index in [0.717, 1.165) is 24.9 Å². The highest BCUT2D eigenvalue weighted by atomic mass is 19.1. The number of benzene rings is 1. The van der Waals surface area contributed by atoms with Gasteiger partial charge in [0.05, 0.1) is 0 Å². The molecule has 0 amide bonds. The normalized spacial score (nSPS) is 12.6. The van der Waals surface area contributed by atoms with Crippen molar-refractivity contribution < 1.29 is 4.39 Å². The van der Waals surface area contributed by atoms with E-state index in [-0.39, 0.29) is 11.9 Å². The molecule has 1 unspecified atom stereocenters. The fourth-order valence-electron chi connectivity index (χ4n) is 2.46. The number of aryl methyl sites for hydroxylation is 3. The Morgan fingerprint density at radius 1 is 1.35 bits per heavy atom. The van der Waals surface area contributed by atoms with Gasteiger partial charge in [0, 0.05) is 25.0 Å². The summed E-state index contributed by atoms with van der Waals surface area (Å²) in [5, 5.41) is 7.66. The molecule has 1 N–H and O–H groups in total. The van der Waals surface area contributed by atoms with Crippen LogP contribution >= 0.6 is 0 Å². The zero-order valence-electron chi connectivity index (χ0n) is 12.4. The van der Waals surface area contributed by atoms with Crippen molar-refractivity contribution in [3.63, 3.8) is 0 Å². The summed E-state index contributed by atoms with van der Waals surface area (Å²) in [7, 11) is 1.96. The first kappa shape index (κ1) is 14.7. The molecular formula is C16H22FN3. The van der Waals surface area contributed by atoms with Gasteiger partial charge in [-0.25, -0.2) is 4.39 Å². The molecule has 1 atom stereocenters. The summed E-state index contributed by atoms with van der Waals surface area (Å²) in [6, 6.07) is 7.65. The van der Waals surface area contributed by atoms with Gasteiger partial charge < -0.3 is 5.32 Å². The molecular weight excluding hydrogens is 253 g/mol. The van der Waals surface area contributed by atoms with Crippen LogP contribution in [0.15, 0.2) is 30.5 Å². The second-order valence-electron chi connectivity index (χ2n) is 5.10. The molecule has 1 heterocycles. The zero-order valence-corrected chi connectivity index (χ0v) is 12.4. The average Bonchev–Trinajstić information content (AvgIpc) is 2.83. The van der Waals surface area contributed by atoms with Crippen molar-refractivity contribution in [3.8, 4) is 0 Å². The molecule has 20 heavy (non-hydrogen) atoms. The highest BCUT2D eigenvalue weighted by Crippen LogP contribution is 2.21. The summed E-state index contributed by atoms with van der Waals surface area (Å²) in [4.78, 5) is 0. The minimum absolute atomic E-state index is 0.143. The lowest BCUT2D eigenvalue weighted by molar-refractivity contribution is 0.504. The molecule has 0 saturated heterocycles. The van der Waals surface area contributed by atoms with E-state index in [1.807, 2.05) is 43.0 Å². The maximum absolute atomic E-state index is 13.4. The molecule has 0 aliphatic rings. The van der Waals surface area contributed by atoms with Gasteiger partial charge in [-0.05, 0) is 49.6 Å². The van der Waals surface area contributed by atoms with E-state index in [1.54, 1.807) is 6.07 Å². The molecule has 0 aliphatic carbocycles. The minimum atomic E-state index is -0.143. The number of hydrogen-bond acceptors (Lipinski definition) is 2. The van der Waals surface area contributed by atoms with E-state index in [1.165, 1.54) is 5.69 Å². The van der Waals surface area contributed by atoms with Crippen LogP contribution < -0.4 is 5.32 Å².